The first-order chi connectivity index (χ1) is 10.6. The van der Waals surface area contributed by atoms with E-state index in [9.17, 15) is 9.59 Å². The Labute approximate surface area is 136 Å². The van der Waals surface area contributed by atoms with E-state index in [-0.39, 0.29) is 5.97 Å². The molecule has 2 heterocycles. The zero-order valence-corrected chi connectivity index (χ0v) is 14.1. The first-order valence-electron chi connectivity index (χ1n) is 6.68. The molecule has 0 N–H and O–H groups in total. The number of rotatable bonds is 5. The lowest BCUT2D eigenvalue weighted by Crippen LogP contribution is -2.20. The van der Waals surface area contributed by atoms with E-state index in [0.717, 1.165) is 5.03 Å². The number of esters is 2. The van der Waals surface area contributed by atoms with Crippen molar-refractivity contribution < 1.29 is 19.1 Å². The number of thiazole rings is 1. The van der Waals surface area contributed by atoms with Gasteiger partial charge in [-0.25, -0.2) is 14.6 Å². The van der Waals surface area contributed by atoms with Crippen molar-refractivity contribution in [2.24, 2.45) is 0 Å². The number of nitrogens with zero attached hydrogens (tertiary/aromatic N) is 2. The average Bonchev–Trinajstić information content (AvgIpc) is 3.08. The highest BCUT2D eigenvalue weighted by Crippen LogP contribution is 2.35. The number of likely N-dealkylation sites (N-methyl/N-ethyl adjacent to an activating group) is 1. The van der Waals surface area contributed by atoms with E-state index in [0.29, 0.717) is 29.6 Å². The zero-order valence-electron chi connectivity index (χ0n) is 12.5. The second kappa shape index (κ2) is 7.46. The van der Waals surface area contributed by atoms with Crippen LogP contribution in [0, 0.1) is 0 Å². The van der Waals surface area contributed by atoms with Crippen molar-refractivity contribution in [3.63, 3.8) is 0 Å². The van der Waals surface area contributed by atoms with E-state index in [1.54, 1.807) is 36.6 Å². The Morgan fingerprint density at radius 2 is 1.95 bits per heavy atom. The van der Waals surface area contributed by atoms with E-state index in [1.165, 1.54) is 23.1 Å². The summed E-state index contributed by atoms with van der Waals surface area (Å²) >= 11 is 2.76. The molecular weight excluding hydrogens is 324 g/mol. The maximum atomic E-state index is 11.8. The molecule has 0 unspecified atom stereocenters. The monoisotopic (exact) mass is 340 g/mol. The van der Waals surface area contributed by atoms with Crippen molar-refractivity contribution in [1.29, 1.82) is 0 Å². The molecule has 1 aliphatic rings. The summed E-state index contributed by atoms with van der Waals surface area (Å²) in [5, 5.41) is 4.91. The van der Waals surface area contributed by atoms with Crippen LogP contribution >= 0.6 is 23.1 Å². The fraction of sp³-hybridized carbons (Fsp3) is 0.357. The highest BCUT2D eigenvalue weighted by Gasteiger charge is 2.24. The number of aromatic nitrogens is 1. The van der Waals surface area contributed by atoms with Crippen molar-refractivity contribution >= 4 is 41.1 Å². The highest BCUT2D eigenvalue weighted by atomic mass is 32.2. The standard InChI is InChI=1S/C14H16N2O4S2/c1-4-19-13(17)9-7-21-11(15-9)6-12-16(3)10(8-22-12)14(18)20-5-2/h6-8H,4-5H2,1-3H3. The van der Waals surface area contributed by atoms with Crippen LogP contribution in [0.3, 0.4) is 0 Å². The minimum atomic E-state index is -0.429. The number of ether oxygens (including phenoxy) is 2. The summed E-state index contributed by atoms with van der Waals surface area (Å²) in [7, 11) is 1.79. The molecule has 0 aromatic carbocycles. The largest absolute Gasteiger partial charge is 0.461 e. The summed E-state index contributed by atoms with van der Waals surface area (Å²) in [5.74, 6) is -0.784. The van der Waals surface area contributed by atoms with Crippen LogP contribution in [-0.2, 0) is 14.3 Å². The van der Waals surface area contributed by atoms with Gasteiger partial charge in [0.2, 0.25) is 0 Å². The Bertz CT molecular complexity index is 637. The van der Waals surface area contributed by atoms with Gasteiger partial charge >= 0.3 is 11.9 Å². The molecule has 1 aromatic heterocycles. The summed E-state index contributed by atoms with van der Waals surface area (Å²) in [6, 6.07) is 0. The minimum Gasteiger partial charge on any atom is -0.461 e. The Hall–Kier alpha value is -1.80. The van der Waals surface area contributed by atoms with Gasteiger partial charge in [0.15, 0.2) is 5.69 Å². The Morgan fingerprint density at radius 1 is 1.27 bits per heavy atom. The third-order valence-electron chi connectivity index (χ3n) is 2.72. The van der Waals surface area contributed by atoms with Crippen LogP contribution in [0.5, 0.6) is 0 Å². The van der Waals surface area contributed by atoms with Crippen molar-refractivity contribution in [2.45, 2.75) is 13.8 Å². The fourth-order valence-corrected chi connectivity index (χ4v) is 3.38. The molecule has 0 amide bonds. The van der Waals surface area contributed by atoms with E-state index < -0.39 is 5.97 Å². The predicted octanol–water partition coefficient (Wildman–Crippen LogP) is 2.70. The molecule has 0 atom stereocenters. The van der Waals surface area contributed by atoms with Gasteiger partial charge in [0.1, 0.15) is 10.7 Å². The van der Waals surface area contributed by atoms with Crippen LogP contribution in [0.25, 0.3) is 6.08 Å². The Balaban J connectivity index is 2.09. The van der Waals surface area contributed by atoms with Crippen LogP contribution in [0.1, 0.15) is 29.3 Å². The van der Waals surface area contributed by atoms with Crippen LogP contribution in [0.2, 0.25) is 0 Å². The van der Waals surface area contributed by atoms with E-state index in [2.05, 4.69) is 4.98 Å². The lowest BCUT2D eigenvalue weighted by atomic mass is 10.4. The lowest BCUT2D eigenvalue weighted by molar-refractivity contribution is -0.139. The summed E-state index contributed by atoms with van der Waals surface area (Å²) in [6.07, 6.45) is 1.82. The topological polar surface area (TPSA) is 68.7 Å². The first kappa shape index (κ1) is 16.6. The van der Waals surface area contributed by atoms with Gasteiger partial charge in [0.25, 0.3) is 0 Å². The maximum absolute atomic E-state index is 11.8. The molecule has 1 aliphatic heterocycles. The van der Waals surface area contributed by atoms with Gasteiger partial charge in [0.05, 0.1) is 18.2 Å². The summed E-state index contributed by atoms with van der Waals surface area (Å²) in [4.78, 5) is 29.3. The second-order valence-corrected chi connectivity index (χ2v) is 5.95. The van der Waals surface area contributed by atoms with Crippen LogP contribution in [0.15, 0.2) is 21.5 Å². The number of thioether (sulfide) groups is 1. The Kier molecular flexibility index (Phi) is 5.62. The molecule has 118 valence electrons. The third-order valence-corrected chi connectivity index (χ3v) is 4.49. The third kappa shape index (κ3) is 3.69. The summed E-state index contributed by atoms with van der Waals surface area (Å²) < 4.78 is 9.90. The smallest absolute Gasteiger partial charge is 0.357 e. The fourth-order valence-electron chi connectivity index (χ4n) is 1.67. The van der Waals surface area contributed by atoms with Crippen molar-refractivity contribution in [1.82, 2.24) is 9.88 Å². The first-order valence-corrected chi connectivity index (χ1v) is 8.44. The second-order valence-electron chi connectivity index (χ2n) is 4.17. The molecule has 0 fully saturated rings. The van der Waals surface area contributed by atoms with E-state index >= 15 is 0 Å². The molecule has 0 radical (unpaired) electrons. The molecule has 0 spiro atoms. The van der Waals surface area contributed by atoms with Gasteiger partial charge in [-0.3, -0.25) is 0 Å². The summed E-state index contributed by atoms with van der Waals surface area (Å²) in [5.41, 5.74) is 0.781. The van der Waals surface area contributed by atoms with E-state index in [1.807, 2.05) is 6.08 Å². The maximum Gasteiger partial charge on any atom is 0.357 e. The molecule has 2 rings (SSSR count). The zero-order chi connectivity index (χ0) is 16.1. The van der Waals surface area contributed by atoms with E-state index in [4.69, 9.17) is 9.47 Å². The predicted molar refractivity (Wildman–Crippen MR) is 86.1 cm³/mol. The quantitative estimate of drug-likeness (QED) is 0.763. The molecular formula is C14H16N2O4S2. The molecule has 0 saturated heterocycles. The SMILES string of the molecule is CCOC(=O)C1=CSC(=Cc2nc(C(=O)OCC)cs2)N1C. The number of hydrogen-bond donors (Lipinski definition) is 0. The van der Waals surface area contributed by atoms with Gasteiger partial charge in [-0.2, -0.15) is 0 Å². The number of hydrogen-bond acceptors (Lipinski definition) is 8. The number of carbonyl (C=O) groups excluding carboxylic acids is 2. The molecule has 22 heavy (non-hydrogen) atoms. The molecule has 8 heteroatoms. The van der Waals surface area contributed by atoms with Crippen LogP contribution in [-0.4, -0.2) is 42.1 Å². The normalized spacial score (nSPS) is 15.9. The summed E-state index contributed by atoms with van der Waals surface area (Å²) in [6.45, 7) is 4.17. The Morgan fingerprint density at radius 3 is 2.64 bits per heavy atom. The van der Waals surface area contributed by atoms with Gasteiger partial charge < -0.3 is 14.4 Å². The molecule has 6 nitrogen and oxygen atoms in total. The van der Waals surface area contributed by atoms with Crippen molar-refractivity contribution in [3.05, 3.63) is 32.2 Å². The molecule has 0 saturated carbocycles. The molecule has 0 aliphatic carbocycles. The number of carbonyl (C=O) groups is 2. The van der Waals surface area contributed by atoms with Gasteiger partial charge in [-0.15, -0.1) is 11.3 Å². The van der Waals surface area contributed by atoms with Gasteiger partial charge in [0, 0.05) is 23.9 Å². The molecule has 0 bridgehead atoms. The van der Waals surface area contributed by atoms with Crippen LogP contribution in [0.4, 0.5) is 0 Å². The highest BCUT2D eigenvalue weighted by molar-refractivity contribution is 8.06. The van der Waals surface area contributed by atoms with Gasteiger partial charge in [-0.05, 0) is 13.8 Å². The molecule has 1 aromatic rings. The van der Waals surface area contributed by atoms with Crippen molar-refractivity contribution in [2.75, 3.05) is 20.3 Å². The average molecular weight is 340 g/mol. The minimum absolute atomic E-state index is 0.294. The lowest BCUT2D eigenvalue weighted by Gasteiger charge is -2.15. The van der Waals surface area contributed by atoms with Crippen LogP contribution < -0.4 is 0 Å². The van der Waals surface area contributed by atoms with Gasteiger partial charge in [-0.1, -0.05) is 11.8 Å². The van der Waals surface area contributed by atoms with Crippen molar-refractivity contribution in [3.8, 4) is 0 Å².